The van der Waals surface area contributed by atoms with Crippen LogP contribution < -0.4 is 10.6 Å². The molecule has 2 aliphatic rings. The second-order valence-electron chi connectivity index (χ2n) is 8.68. The SMILES string of the molecule is Cc1cc2c(cc1C)N[C@@H](c1ccc(Cl)cc1Cl)C1=C(CC(C)(C)CC1=O)N2. The molecule has 0 saturated carbocycles. The molecule has 2 N–H and O–H groups in total. The lowest BCUT2D eigenvalue weighted by molar-refractivity contribution is -0.118. The minimum atomic E-state index is -0.320. The topological polar surface area (TPSA) is 41.1 Å². The molecule has 4 rings (SSSR count). The molecule has 0 radical (unpaired) electrons. The Morgan fingerprint density at radius 1 is 1.00 bits per heavy atom. The van der Waals surface area contributed by atoms with Crippen LogP contribution in [0.2, 0.25) is 10.0 Å². The number of ketones is 1. The maximum absolute atomic E-state index is 13.2. The van der Waals surface area contributed by atoms with Gasteiger partial charge in [-0.1, -0.05) is 43.1 Å². The lowest BCUT2D eigenvalue weighted by Crippen LogP contribution is -2.31. The molecular formula is C23H24Cl2N2O. The average molecular weight is 415 g/mol. The van der Waals surface area contributed by atoms with Gasteiger partial charge in [-0.25, -0.2) is 0 Å². The molecule has 1 aliphatic carbocycles. The van der Waals surface area contributed by atoms with Crippen LogP contribution in [0.1, 0.15) is 49.4 Å². The lowest BCUT2D eigenvalue weighted by Gasteiger charge is -2.34. The number of rotatable bonds is 1. The number of hydrogen-bond acceptors (Lipinski definition) is 3. The number of anilines is 2. The first-order valence-corrected chi connectivity index (χ1v) is 10.3. The maximum Gasteiger partial charge on any atom is 0.163 e. The number of carbonyl (C=O) groups excluding carboxylic acids is 1. The zero-order chi connectivity index (χ0) is 20.2. The molecule has 1 heterocycles. The number of Topliss-reactive ketones (excluding diaryl/α,β-unsaturated/α-hetero) is 1. The van der Waals surface area contributed by atoms with Crippen molar-refractivity contribution in [3.05, 3.63) is 68.3 Å². The summed E-state index contributed by atoms with van der Waals surface area (Å²) < 4.78 is 0. The highest BCUT2D eigenvalue weighted by molar-refractivity contribution is 6.35. The summed E-state index contributed by atoms with van der Waals surface area (Å²) in [4.78, 5) is 13.2. The molecule has 5 heteroatoms. The molecule has 0 saturated heterocycles. The molecular weight excluding hydrogens is 391 g/mol. The molecule has 0 fully saturated rings. The third-order valence-corrected chi connectivity index (χ3v) is 6.26. The van der Waals surface area contributed by atoms with Crippen LogP contribution in [-0.2, 0) is 4.79 Å². The van der Waals surface area contributed by atoms with E-state index < -0.39 is 0 Å². The summed E-state index contributed by atoms with van der Waals surface area (Å²) in [6.07, 6.45) is 1.33. The van der Waals surface area contributed by atoms with Gasteiger partial charge in [0.1, 0.15) is 0 Å². The van der Waals surface area contributed by atoms with Gasteiger partial charge in [0.2, 0.25) is 0 Å². The van der Waals surface area contributed by atoms with E-state index in [4.69, 9.17) is 23.2 Å². The summed E-state index contributed by atoms with van der Waals surface area (Å²) in [6.45, 7) is 8.47. The van der Waals surface area contributed by atoms with Crippen molar-refractivity contribution < 1.29 is 4.79 Å². The van der Waals surface area contributed by atoms with Crippen molar-refractivity contribution in [3.63, 3.8) is 0 Å². The fourth-order valence-electron chi connectivity index (χ4n) is 4.18. The number of fused-ring (bicyclic) bond motifs is 1. The molecule has 0 unspecified atom stereocenters. The van der Waals surface area contributed by atoms with Gasteiger partial charge >= 0.3 is 0 Å². The second kappa shape index (κ2) is 6.82. The summed E-state index contributed by atoms with van der Waals surface area (Å²) in [5.74, 6) is 0.156. The average Bonchev–Trinajstić information content (AvgIpc) is 2.71. The highest BCUT2D eigenvalue weighted by Crippen LogP contribution is 2.47. The number of nitrogens with one attached hydrogen (secondary N) is 2. The fourth-order valence-corrected chi connectivity index (χ4v) is 4.70. The van der Waals surface area contributed by atoms with E-state index in [0.29, 0.717) is 16.5 Å². The third kappa shape index (κ3) is 3.42. The van der Waals surface area contributed by atoms with Crippen molar-refractivity contribution in [1.29, 1.82) is 0 Å². The van der Waals surface area contributed by atoms with Gasteiger partial charge in [-0.05, 0) is 66.6 Å². The van der Waals surface area contributed by atoms with Crippen LogP contribution in [-0.4, -0.2) is 5.78 Å². The van der Waals surface area contributed by atoms with Crippen molar-refractivity contribution >= 4 is 40.4 Å². The molecule has 1 aliphatic heterocycles. The molecule has 2 aromatic rings. The number of carbonyl (C=O) groups is 1. The molecule has 2 aromatic carbocycles. The van der Waals surface area contributed by atoms with Gasteiger partial charge in [0.15, 0.2) is 5.78 Å². The van der Waals surface area contributed by atoms with E-state index in [-0.39, 0.29) is 17.2 Å². The smallest absolute Gasteiger partial charge is 0.163 e. The van der Waals surface area contributed by atoms with Crippen LogP contribution >= 0.6 is 23.2 Å². The molecule has 0 bridgehead atoms. The lowest BCUT2D eigenvalue weighted by atomic mass is 9.73. The van der Waals surface area contributed by atoms with Crippen molar-refractivity contribution in [2.24, 2.45) is 5.41 Å². The van der Waals surface area contributed by atoms with E-state index >= 15 is 0 Å². The van der Waals surface area contributed by atoms with Gasteiger partial charge in [0, 0.05) is 27.7 Å². The van der Waals surface area contributed by atoms with Gasteiger partial charge < -0.3 is 10.6 Å². The van der Waals surface area contributed by atoms with Gasteiger partial charge in [-0.15, -0.1) is 0 Å². The van der Waals surface area contributed by atoms with Gasteiger partial charge in [0.25, 0.3) is 0 Å². The number of benzene rings is 2. The van der Waals surface area contributed by atoms with Crippen LogP contribution in [0.4, 0.5) is 11.4 Å². The van der Waals surface area contributed by atoms with Crippen LogP contribution in [0.15, 0.2) is 41.6 Å². The minimum absolute atomic E-state index is 0.0818. The normalized spacial score (nSPS) is 20.6. The van der Waals surface area contributed by atoms with Crippen molar-refractivity contribution in [2.45, 2.75) is 46.6 Å². The van der Waals surface area contributed by atoms with Crippen LogP contribution in [0, 0.1) is 19.3 Å². The van der Waals surface area contributed by atoms with Crippen molar-refractivity contribution in [1.82, 2.24) is 0 Å². The number of aryl methyl sites for hydroxylation is 2. The van der Waals surface area contributed by atoms with Crippen LogP contribution in [0.3, 0.4) is 0 Å². The highest BCUT2D eigenvalue weighted by Gasteiger charge is 2.39. The first kappa shape index (κ1) is 19.4. The Morgan fingerprint density at radius 3 is 2.36 bits per heavy atom. The molecule has 0 amide bonds. The zero-order valence-corrected chi connectivity index (χ0v) is 18.1. The molecule has 28 heavy (non-hydrogen) atoms. The zero-order valence-electron chi connectivity index (χ0n) is 16.5. The van der Waals surface area contributed by atoms with Crippen molar-refractivity contribution in [2.75, 3.05) is 10.6 Å². The van der Waals surface area contributed by atoms with E-state index in [1.165, 1.54) is 11.1 Å². The number of allylic oxidation sites excluding steroid dienone is 1. The Balaban J connectivity index is 1.93. The van der Waals surface area contributed by atoms with Crippen molar-refractivity contribution in [3.8, 4) is 0 Å². The standard InChI is InChI=1S/C23H24Cl2N2O/c1-12-7-17-18(8-13(12)2)27-22(15-6-5-14(24)9-16(15)25)21-19(26-17)10-23(3,4)11-20(21)28/h5-9,22,26-27H,10-11H2,1-4H3/t22-/m0/s1. The molecule has 146 valence electrons. The largest absolute Gasteiger partial charge is 0.372 e. The first-order valence-electron chi connectivity index (χ1n) is 9.51. The van der Waals surface area contributed by atoms with E-state index in [1.54, 1.807) is 6.07 Å². The fraction of sp³-hybridized carbons (Fsp3) is 0.348. The summed E-state index contributed by atoms with van der Waals surface area (Å²) in [7, 11) is 0. The summed E-state index contributed by atoms with van der Waals surface area (Å²) >= 11 is 12.7. The highest BCUT2D eigenvalue weighted by atomic mass is 35.5. The van der Waals surface area contributed by atoms with Gasteiger partial charge in [-0.2, -0.15) is 0 Å². The summed E-state index contributed by atoms with van der Waals surface area (Å²) in [6, 6.07) is 9.41. The number of halogens is 2. The maximum atomic E-state index is 13.2. The van der Waals surface area contributed by atoms with E-state index in [2.05, 4.69) is 50.5 Å². The first-order chi connectivity index (χ1) is 13.1. The third-order valence-electron chi connectivity index (χ3n) is 5.70. The minimum Gasteiger partial charge on any atom is -0.372 e. The summed E-state index contributed by atoms with van der Waals surface area (Å²) in [5, 5.41) is 8.30. The number of hydrogen-bond donors (Lipinski definition) is 2. The second-order valence-corrected chi connectivity index (χ2v) is 9.53. The quantitative estimate of drug-likeness (QED) is 0.536. The van der Waals surface area contributed by atoms with E-state index in [1.807, 2.05) is 12.1 Å². The van der Waals surface area contributed by atoms with Gasteiger partial charge in [0.05, 0.1) is 17.4 Å². The summed E-state index contributed by atoms with van der Waals surface area (Å²) in [5.41, 5.74) is 6.90. The van der Waals surface area contributed by atoms with E-state index in [0.717, 1.165) is 34.6 Å². The Bertz CT molecular complexity index is 1020. The predicted octanol–water partition coefficient (Wildman–Crippen LogP) is 6.83. The van der Waals surface area contributed by atoms with Crippen LogP contribution in [0.25, 0.3) is 0 Å². The monoisotopic (exact) mass is 414 g/mol. The Hall–Kier alpha value is -1.97. The molecule has 1 atom stereocenters. The van der Waals surface area contributed by atoms with Gasteiger partial charge in [-0.3, -0.25) is 4.79 Å². The van der Waals surface area contributed by atoms with Crippen LogP contribution in [0.5, 0.6) is 0 Å². The molecule has 3 nitrogen and oxygen atoms in total. The molecule has 0 aromatic heterocycles. The molecule has 0 spiro atoms. The Morgan fingerprint density at radius 2 is 1.68 bits per heavy atom. The Kier molecular flexibility index (Phi) is 4.71. The Labute approximate surface area is 176 Å². The predicted molar refractivity (Wildman–Crippen MR) is 117 cm³/mol. The van der Waals surface area contributed by atoms with E-state index in [9.17, 15) is 4.79 Å².